The lowest BCUT2D eigenvalue weighted by Crippen LogP contribution is -2.45. The van der Waals surface area contributed by atoms with Gasteiger partial charge in [-0.1, -0.05) is 314 Å². The maximum atomic E-state index is 12.5. The molecule has 2 atom stereocenters. The molecule has 0 heterocycles. The summed E-state index contributed by atoms with van der Waals surface area (Å²) in [7, 11) is 0. The first-order chi connectivity index (χ1) is 36.7. The van der Waals surface area contributed by atoms with Gasteiger partial charge in [0.05, 0.1) is 18.8 Å². The first-order valence-electron chi connectivity index (χ1n) is 31.4. The lowest BCUT2D eigenvalue weighted by atomic mass is 10.0. The summed E-state index contributed by atoms with van der Waals surface area (Å²) in [5.74, 6) is -0.0655. The summed E-state index contributed by atoms with van der Waals surface area (Å²) in [4.78, 5) is 12.5. The number of hydrogen-bond donors (Lipinski definition) is 3. The zero-order valence-corrected chi connectivity index (χ0v) is 48.6. The minimum atomic E-state index is -0.685. The van der Waals surface area contributed by atoms with Crippen LogP contribution in [0.4, 0.5) is 0 Å². The predicted octanol–water partition coefficient (Wildman–Crippen LogP) is 21.4. The molecule has 0 saturated heterocycles. The molecule has 0 aliphatic heterocycles. The van der Waals surface area contributed by atoms with Gasteiger partial charge in [-0.3, -0.25) is 4.79 Å². The normalized spacial score (nSPS) is 13.7. The minimum absolute atomic E-state index is 0.0655. The van der Waals surface area contributed by atoms with Crippen LogP contribution >= 0.6 is 0 Å². The van der Waals surface area contributed by atoms with Crippen LogP contribution < -0.4 is 5.32 Å². The zero-order chi connectivity index (χ0) is 53.4. The van der Waals surface area contributed by atoms with Gasteiger partial charge in [-0.05, 0) is 96.3 Å². The quantitative estimate of drug-likeness (QED) is 0.0420. The average molecular weight is 1020 g/mol. The van der Waals surface area contributed by atoms with Crippen molar-refractivity contribution in [1.82, 2.24) is 5.32 Å². The second-order valence-electron chi connectivity index (χ2n) is 20.7. The Bertz CT molecular complexity index is 1490. The van der Waals surface area contributed by atoms with Crippen molar-refractivity contribution in [1.29, 1.82) is 0 Å². The van der Waals surface area contributed by atoms with Crippen molar-refractivity contribution in [2.45, 2.75) is 296 Å². The third kappa shape index (κ3) is 59.4. The van der Waals surface area contributed by atoms with Crippen LogP contribution in [0.5, 0.6) is 0 Å². The largest absolute Gasteiger partial charge is 0.394 e. The smallest absolute Gasteiger partial charge is 0.220 e. The summed E-state index contributed by atoms with van der Waals surface area (Å²) >= 11 is 0. The third-order valence-electron chi connectivity index (χ3n) is 13.7. The number of allylic oxidation sites excluding steroid dienone is 22. The van der Waals surface area contributed by atoms with Crippen molar-refractivity contribution in [3.63, 3.8) is 0 Å². The highest BCUT2D eigenvalue weighted by Gasteiger charge is 2.20. The number of unbranched alkanes of at least 4 members (excludes halogenated alkanes) is 27. The highest BCUT2D eigenvalue weighted by molar-refractivity contribution is 5.76. The molecule has 0 spiro atoms. The van der Waals surface area contributed by atoms with Crippen LogP contribution in [-0.2, 0) is 4.79 Å². The van der Waals surface area contributed by atoms with E-state index in [-0.39, 0.29) is 12.5 Å². The van der Waals surface area contributed by atoms with Crippen LogP contribution in [-0.4, -0.2) is 34.9 Å². The van der Waals surface area contributed by atoms with Crippen LogP contribution in [0.1, 0.15) is 284 Å². The number of carbonyl (C=O) groups is 1. The van der Waals surface area contributed by atoms with Gasteiger partial charge in [0.25, 0.3) is 0 Å². The number of aliphatic hydroxyl groups is 2. The molecule has 1 amide bonds. The zero-order valence-electron chi connectivity index (χ0n) is 48.6. The monoisotopic (exact) mass is 1020 g/mol. The van der Waals surface area contributed by atoms with Crippen molar-refractivity contribution < 1.29 is 15.0 Å². The number of carbonyl (C=O) groups excluding carboxylic acids is 1. The topological polar surface area (TPSA) is 69.6 Å². The Morgan fingerprint density at radius 1 is 0.338 bits per heavy atom. The van der Waals surface area contributed by atoms with Crippen molar-refractivity contribution in [3.8, 4) is 0 Å². The predicted molar refractivity (Wildman–Crippen MR) is 331 cm³/mol. The molecule has 74 heavy (non-hydrogen) atoms. The Morgan fingerprint density at radius 2 is 0.595 bits per heavy atom. The van der Waals surface area contributed by atoms with Gasteiger partial charge in [-0.2, -0.15) is 0 Å². The Balaban J connectivity index is 3.63. The molecule has 0 aromatic heterocycles. The Hall–Kier alpha value is -3.47. The SMILES string of the molecule is CC/C=C\C/C=C\C/C=C\C/C=C\C/C=C\C/C=C\C/C=C\C/C=C\C/C=C\C/C=C\C/C=C\CCCCCC(=O)NC(CO)C(O)CCCCCCCCCCCCCCCCCCCCCCCCCCC. The maximum Gasteiger partial charge on any atom is 0.220 e. The summed E-state index contributed by atoms with van der Waals surface area (Å²) in [6.07, 6.45) is 98.8. The van der Waals surface area contributed by atoms with Crippen molar-refractivity contribution in [2.75, 3.05) is 6.61 Å². The maximum absolute atomic E-state index is 12.5. The Kier molecular flexibility index (Phi) is 60.8. The molecule has 0 aromatic rings. The number of hydrogen-bond acceptors (Lipinski definition) is 3. The van der Waals surface area contributed by atoms with E-state index in [1.54, 1.807) is 0 Å². The molecule has 4 heteroatoms. The number of amides is 1. The standard InChI is InChI=1S/C70H119NO3/c1-3-5-7-9-11-13-15-17-19-21-23-25-27-29-30-31-32-33-34-35-36-37-38-39-40-42-44-46-48-50-52-54-56-58-60-62-64-66-70(74)71-68(67-72)69(73)65-63-61-59-57-55-53-51-49-47-45-43-41-28-26-24-22-20-18-16-14-12-10-8-6-4-2/h5,7,11,13,17,19,23,25,29-30,32-33,35-36,38-39,42,44,48,50,54,56,68-69,72-73H,3-4,6,8-10,12,14-16,18,20-22,24,26-28,31,34,37,40-41,43,45-47,49,51-53,55,57-67H2,1-2H3,(H,71,74)/b7-5-,13-11-,19-17-,25-23-,30-29-,33-32-,36-35-,39-38-,44-42-,50-48-,56-54-. The number of aliphatic hydroxyl groups excluding tert-OH is 2. The summed E-state index contributed by atoms with van der Waals surface area (Å²) < 4.78 is 0. The molecule has 0 radical (unpaired) electrons. The molecule has 2 unspecified atom stereocenters. The van der Waals surface area contributed by atoms with Gasteiger partial charge < -0.3 is 15.5 Å². The third-order valence-corrected chi connectivity index (χ3v) is 13.7. The van der Waals surface area contributed by atoms with Gasteiger partial charge in [-0.25, -0.2) is 0 Å². The van der Waals surface area contributed by atoms with Crippen LogP contribution in [0.3, 0.4) is 0 Å². The molecule has 4 nitrogen and oxygen atoms in total. The van der Waals surface area contributed by atoms with E-state index in [4.69, 9.17) is 0 Å². The van der Waals surface area contributed by atoms with Crippen molar-refractivity contribution in [3.05, 3.63) is 134 Å². The number of nitrogens with one attached hydrogen (secondary N) is 1. The van der Waals surface area contributed by atoms with Gasteiger partial charge >= 0.3 is 0 Å². The highest BCUT2D eigenvalue weighted by atomic mass is 16.3. The molecule has 0 aliphatic rings. The van der Waals surface area contributed by atoms with Gasteiger partial charge in [-0.15, -0.1) is 0 Å². The van der Waals surface area contributed by atoms with E-state index >= 15 is 0 Å². The summed E-state index contributed by atoms with van der Waals surface area (Å²) in [5.41, 5.74) is 0. The summed E-state index contributed by atoms with van der Waals surface area (Å²) in [6.45, 7) is 4.24. The molecule has 3 N–H and O–H groups in total. The Labute approximate surface area is 460 Å². The van der Waals surface area contributed by atoms with Gasteiger partial charge in [0, 0.05) is 6.42 Å². The van der Waals surface area contributed by atoms with E-state index in [2.05, 4.69) is 153 Å². The lowest BCUT2D eigenvalue weighted by molar-refractivity contribution is -0.123. The van der Waals surface area contributed by atoms with E-state index in [9.17, 15) is 15.0 Å². The molecular weight excluding hydrogens is 903 g/mol. The van der Waals surface area contributed by atoms with E-state index in [1.165, 1.54) is 148 Å². The summed E-state index contributed by atoms with van der Waals surface area (Å²) in [6, 6.07) is -0.566. The fourth-order valence-electron chi connectivity index (χ4n) is 8.96. The van der Waals surface area contributed by atoms with E-state index in [1.807, 2.05) is 0 Å². The molecule has 0 bridgehead atoms. The van der Waals surface area contributed by atoms with E-state index in [0.717, 1.165) is 109 Å². The molecular formula is C70H119NO3. The van der Waals surface area contributed by atoms with Crippen molar-refractivity contribution >= 4 is 5.91 Å². The minimum Gasteiger partial charge on any atom is -0.394 e. The van der Waals surface area contributed by atoms with Crippen molar-refractivity contribution in [2.24, 2.45) is 0 Å². The van der Waals surface area contributed by atoms with E-state index in [0.29, 0.717) is 12.8 Å². The van der Waals surface area contributed by atoms with Crippen LogP contribution in [0.15, 0.2) is 134 Å². The van der Waals surface area contributed by atoms with Gasteiger partial charge in [0.2, 0.25) is 5.91 Å². The molecule has 0 aliphatic carbocycles. The molecule has 0 saturated carbocycles. The Morgan fingerprint density at radius 3 is 0.878 bits per heavy atom. The first kappa shape index (κ1) is 70.5. The van der Waals surface area contributed by atoms with Crippen LogP contribution in [0.2, 0.25) is 0 Å². The molecule has 0 fully saturated rings. The van der Waals surface area contributed by atoms with E-state index < -0.39 is 12.1 Å². The average Bonchev–Trinajstić information content (AvgIpc) is 3.40. The fraction of sp³-hybridized carbons (Fsp3) is 0.671. The van der Waals surface area contributed by atoms with Gasteiger partial charge in [0.15, 0.2) is 0 Å². The molecule has 422 valence electrons. The van der Waals surface area contributed by atoms with Gasteiger partial charge in [0.1, 0.15) is 0 Å². The van der Waals surface area contributed by atoms with Crippen LogP contribution in [0, 0.1) is 0 Å². The summed E-state index contributed by atoms with van der Waals surface area (Å²) in [5, 5.41) is 23.4. The van der Waals surface area contributed by atoms with Crippen LogP contribution in [0.25, 0.3) is 0 Å². The first-order valence-corrected chi connectivity index (χ1v) is 31.4. The fourth-order valence-corrected chi connectivity index (χ4v) is 8.96. The second-order valence-corrected chi connectivity index (χ2v) is 20.7. The highest BCUT2D eigenvalue weighted by Crippen LogP contribution is 2.17. The second kappa shape index (κ2) is 63.8. The molecule has 0 rings (SSSR count). The molecule has 0 aromatic carbocycles. The number of rotatable bonds is 56. The lowest BCUT2D eigenvalue weighted by Gasteiger charge is -2.22.